The zero-order valence-corrected chi connectivity index (χ0v) is 22.5. The number of phenolic OH excluding ortho intramolecular Hbond substituents is 1. The van der Waals surface area contributed by atoms with E-state index in [1.165, 1.54) is 30.3 Å². The van der Waals surface area contributed by atoms with E-state index in [2.05, 4.69) is 35.5 Å². The average Bonchev–Trinajstić information content (AvgIpc) is 3.48. The summed E-state index contributed by atoms with van der Waals surface area (Å²) in [6.07, 6.45) is 0.314. The number of ether oxygens (including phenoxy) is 3. The molecule has 1 aliphatic heterocycles. The molecule has 4 aromatic rings. The van der Waals surface area contributed by atoms with Gasteiger partial charge in [-0.05, 0) is 43.2 Å². The molecule has 0 radical (unpaired) electrons. The van der Waals surface area contributed by atoms with Crippen LogP contribution >= 0.6 is 0 Å². The van der Waals surface area contributed by atoms with Gasteiger partial charge in [-0.25, -0.2) is 4.99 Å². The van der Waals surface area contributed by atoms with Crippen LogP contribution in [0.4, 0.5) is 14.5 Å². The zero-order chi connectivity index (χ0) is 30.5. The van der Waals surface area contributed by atoms with Gasteiger partial charge in [0.1, 0.15) is 17.7 Å². The van der Waals surface area contributed by atoms with E-state index < -0.39 is 41.0 Å². The van der Waals surface area contributed by atoms with E-state index in [1.807, 2.05) is 0 Å². The second-order valence-corrected chi connectivity index (χ2v) is 9.43. The summed E-state index contributed by atoms with van der Waals surface area (Å²) in [5, 5.41) is 31.8. The van der Waals surface area contributed by atoms with Crippen molar-refractivity contribution < 1.29 is 28.1 Å². The fourth-order valence-electron chi connectivity index (χ4n) is 4.27. The second-order valence-electron chi connectivity index (χ2n) is 9.43. The highest BCUT2D eigenvalue weighted by atomic mass is 19.1. The lowest BCUT2D eigenvalue weighted by atomic mass is 10.1. The van der Waals surface area contributed by atoms with E-state index >= 15 is 8.78 Å². The second kappa shape index (κ2) is 12.5. The molecule has 9 N–H and O–H groups in total. The molecule has 0 bridgehead atoms. The fourth-order valence-corrected chi connectivity index (χ4v) is 4.27. The maximum Gasteiger partial charge on any atom is 0.263 e. The van der Waals surface area contributed by atoms with Crippen molar-refractivity contribution in [3.05, 3.63) is 65.5 Å². The van der Waals surface area contributed by atoms with Crippen molar-refractivity contribution in [2.24, 2.45) is 22.2 Å². The van der Waals surface area contributed by atoms with Crippen LogP contribution in [0.15, 0.2) is 47.5 Å². The highest BCUT2D eigenvalue weighted by Crippen LogP contribution is 2.40. The smallest absolute Gasteiger partial charge is 0.263 e. The first kappa shape index (κ1) is 28.9. The lowest BCUT2D eigenvalue weighted by Gasteiger charge is -2.31. The molecule has 0 spiro atoms. The van der Waals surface area contributed by atoms with Gasteiger partial charge in [0.25, 0.3) is 11.8 Å². The molecule has 1 aliphatic rings. The van der Waals surface area contributed by atoms with Crippen LogP contribution in [0, 0.1) is 17.0 Å². The number of phenols is 1. The van der Waals surface area contributed by atoms with Crippen LogP contribution in [0.5, 0.6) is 34.8 Å². The standard InChI is InChI=1S/C26H27F2N11O4/c27-20-22(41-15-6-8-39(9-7-15)12-19-35-37-38-36-19)21(28)25(43-18-10-13(23(29)30)4-5-17(18)40)34-24(20)42-16-3-1-2-14(11-16)33-26(31)32/h1-5,10-11,15,40H,6-9,12H2,(H3,29,30)(H4,31,32,33)(H,35,36,37,38). The van der Waals surface area contributed by atoms with Crippen molar-refractivity contribution in [2.45, 2.75) is 25.5 Å². The summed E-state index contributed by atoms with van der Waals surface area (Å²) in [6, 6.07) is 9.82. The van der Waals surface area contributed by atoms with E-state index in [9.17, 15) is 5.11 Å². The number of guanidine groups is 1. The number of aromatic hydroxyl groups is 1. The predicted octanol–water partition coefficient (Wildman–Crippen LogP) is 2.40. The number of halogens is 2. The van der Waals surface area contributed by atoms with Crippen LogP contribution in [0.3, 0.4) is 0 Å². The van der Waals surface area contributed by atoms with Crippen molar-refractivity contribution in [1.29, 1.82) is 5.41 Å². The third kappa shape index (κ3) is 7.02. The number of nitrogen functional groups attached to an aromatic ring is 1. The predicted molar refractivity (Wildman–Crippen MR) is 148 cm³/mol. The maximum absolute atomic E-state index is 15.8. The van der Waals surface area contributed by atoms with E-state index in [4.69, 9.17) is 36.8 Å². The number of piperidine rings is 1. The molecule has 0 unspecified atom stereocenters. The first-order chi connectivity index (χ1) is 20.7. The number of aliphatic imine (C=N–C) groups is 1. The van der Waals surface area contributed by atoms with E-state index in [-0.39, 0.29) is 28.9 Å². The van der Waals surface area contributed by atoms with Gasteiger partial charge in [0, 0.05) is 24.7 Å². The first-order valence-corrected chi connectivity index (χ1v) is 12.9. The number of amidine groups is 1. The molecule has 0 amide bonds. The van der Waals surface area contributed by atoms with Crippen LogP contribution in [0.25, 0.3) is 0 Å². The summed E-state index contributed by atoms with van der Waals surface area (Å²) in [4.78, 5) is 9.87. The summed E-state index contributed by atoms with van der Waals surface area (Å²) < 4.78 is 48.6. The minimum absolute atomic E-state index is 0.0774. The van der Waals surface area contributed by atoms with Gasteiger partial charge in [0.15, 0.2) is 23.3 Å². The number of H-pyrrole nitrogens is 1. The third-order valence-electron chi connectivity index (χ3n) is 6.32. The molecule has 15 nitrogen and oxygen atoms in total. The summed E-state index contributed by atoms with van der Waals surface area (Å²) in [5.74, 6) is -5.30. The normalized spacial score (nSPS) is 13.8. The Morgan fingerprint density at radius 3 is 2.49 bits per heavy atom. The van der Waals surface area contributed by atoms with Gasteiger partial charge in [-0.1, -0.05) is 11.3 Å². The van der Waals surface area contributed by atoms with Gasteiger partial charge < -0.3 is 36.5 Å². The van der Waals surface area contributed by atoms with Gasteiger partial charge >= 0.3 is 0 Å². The van der Waals surface area contributed by atoms with Gasteiger partial charge in [-0.2, -0.15) is 19.0 Å². The van der Waals surface area contributed by atoms with E-state index in [1.54, 1.807) is 12.1 Å². The molecule has 5 rings (SSSR count). The van der Waals surface area contributed by atoms with Crippen molar-refractivity contribution in [3.8, 4) is 34.8 Å². The summed E-state index contributed by atoms with van der Waals surface area (Å²) in [5.41, 5.74) is 16.9. The fraction of sp³-hybridized carbons (Fsp3) is 0.231. The Bertz CT molecular complexity index is 1640. The molecule has 3 heterocycles. The number of tetrazole rings is 1. The highest BCUT2D eigenvalue weighted by Gasteiger charge is 2.30. The highest BCUT2D eigenvalue weighted by molar-refractivity contribution is 5.95. The van der Waals surface area contributed by atoms with Gasteiger partial charge in [0.2, 0.25) is 17.4 Å². The first-order valence-electron chi connectivity index (χ1n) is 12.9. The molecule has 0 atom stereocenters. The van der Waals surface area contributed by atoms with Crippen molar-refractivity contribution in [2.75, 3.05) is 13.1 Å². The summed E-state index contributed by atoms with van der Waals surface area (Å²) >= 11 is 0. The zero-order valence-electron chi connectivity index (χ0n) is 22.5. The molecule has 1 saturated heterocycles. The minimum Gasteiger partial charge on any atom is -0.504 e. The maximum atomic E-state index is 15.8. The van der Waals surface area contributed by atoms with Crippen molar-refractivity contribution in [3.63, 3.8) is 0 Å². The van der Waals surface area contributed by atoms with Crippen LogP contribution in [0.2, 0.25) is 0 Å². The molecule has 224 valence electrons. The lowest BCUT2D eigenvalue weighted by Crippen LogP contribution is -2.38. The largest absolute Gasteiger partial charge is 0.504 e. The van der Waals surface area contributed by atoms with Crippen LogP contribution in [-0.4, -0.2) is 66.6 Å². The number of nitrogens with one attached hydrogen (secondary N) is 2. The Balaban J connectivity index is 1.45. The molecular weight excluding hydrogens is 568 g/mol. The number of nitrogens with two attached hydrogens (primary N) is 3. The number of aromatic nitrogens is 5. The molecule has 2 aromatic heterocycles. The van der Waals surface area contributed by atoms with Crippen LogP contribution in [0.1, 0.15) is 24.2 Å². The number of pyridine rings is 1. The average molecular weight is 596 g/mol. The molecule has 0 aliphatic carbocycles. The van der Waals surface area contributed by atoms with Gasteiger partial charge in [-0.15, -0.1) is 10.2 Å². The molecule has 17 heteroatoms. The number of hydrogen-bond acceptors (Lipinski definition) is 11. The van der Waals surface area contributed by atoms with Gasteiger partial charge in [0.05, 0.1) is 12.2 Å². The monoisotopic (exact) mass is 595 g/mol. The van der Waals surface area contributed by atoms with E-state index in [0.29, 0.717) is 44.0 Å². The van der Waals surface area contributed by atoms with E-state index in [0.717, 1.165) is 0 Å². The molecule has 43 heavy (non-hydrogen) atoms. The number of aromatic amines is 1. The SMILES string of the molecule is N=C(N)c1ccc(O)c(Oc2nc(Oc3cccc(N=C(N)N)c3)c(F)c(OC3CCN(Cc4nn[nH]n4)CC3)c2F)c1. The van der Waals surface area contributed by atoms with Crippen molar-refractivity contribution in [1.82, 2.24) is 30.5 Å². The summed E-state index contributed by atoms with van der Waals surface area (Å²) in [6.45, 7) is 1.55. The molecular formula is C26H27F2N11O4. The quantitative estimate of drug-likeness (QED) is 0.115. The Hall–Kier alpha value is -5.58. The number of rotatable bonds is 10. The van der Waals surface area contributed by atoms with Crippen LogP contribution in [-0.2, 0) is 6.54 Å². The Morgan fingerprint density at radius 2 is 1.81 bits per heavy atom. The number of hydrogen-bond donors (Lipinski definition) is 6. The lowest BCUT2D eigenvalue weighted by molar-refractivity contribution is 0.0873. The minimum atomic E-state index is -1.26. The van der Waals surface area contributed by atoms with Crippen LogP contribution < -0.4 is 31.4 Å². The van der Waals surface area contributed by atoms with Crippen molar-refractivity contribution >= 4 is 17.5 Å². The topological polar surface area (TPSA) is 233 Å². The Morgan fingerprint density at radius 1 is 1.07 bits per heavy atom. The number of likely N-dealkylation sites (tertiary alicyclic amines) is 1. The Kier molecular flexibility index (Phi) is 8.42. The third-order valence-corrected chi connectivity index (χ3v) is 6.32. The molecule has 1 fully saturated rings. The number of benzene rings is 2. The molecule has 2 aromatic carbocycles. The Labute approximate surface area is 242 Å². The molecule has 0 saturated carbocycles. The number of nitrogens with zero attached hydrogens (tertiary/aromatic N) is 6. The summed E-state index contributed by atoms with van der Waals surface area (Å²) in [7, 11) is 0. The van der Waals surface area contributed by atoms with Gasteiger partial charge in [-0.3, -0.25) is 10.3 Å².